The summed E-state index contributed by atoms with van der Waals surface area (Å²) in [5.74, 6) is -1.71. The van der Waals surface area contributed by atoms with E-state index < -0.39 is 17.7 Å². The minimum Gasteiger partial charge on any atom is -0.393 e. The maximum Gasteiger partial charge on any atom is 0.227 e. The standard InChI is InChI=1S/C14H17F2NO2/c1-9-8-17(6-5-13(9)18)14(19)7-10-11(15)3-2-4-12(10)16/h2-4,9,13,18H,5-8H2,1H3. The van der Waals surface area contributed by atoms with Gasteiger partial charge in [0.2, 0.25) is 5.91 Å². The number of hydrogen-bond donors (Lipinski definition) is 1. The number of aliphatic hydroxyl groups is 1. The molecule has 0 aromatic heterocycles. The third kappa shape index (κ3) is 3.10. The lowest BCUT2D eigenvalue weighted by molar-refractivity contribution is -0.134. The summed E-state index contributed by atoms with van der Waals surface area (Å²) in [5.41, 5.74) is -0.189. The second-order valence-corrected chi connectivity index (χ2v) is 5.05. The number of nitrogens with zero attached hydrogens (tertiary/aromatic N) is 1. The second-order valence-electron chi connectivity index (χ2n) is 5.05. The molecule has 1 aromatic carbocycles. The molecule has 2 rings (SSSR count). The van der Waals surface area contributed by atoms with Gasteiger partial charge in [0.15, 0.2) is 0 Å². The van der Waals surface area contributed by atoms with Crippen LogP contribution in [0.4, 0.5) is 8.78 Å². The minimum absolute atomic E-state index is 0.0110. The van der Waals surface area contributed by atoms with Gasteiger partial charge < -0.3 is 10.0 Å². The van der Waals surface area contributed by atoms with Crippen molar-refractivity contribution in [3.63, 3.8) is 0 Å². The zero-order valence-corrected chi connectivity index (χ0v) is 10.8. The molecule has 104 valence electrons. The maximum atomic E-state index is 13.5. The van der Waals surface area contributed by atoms with Gasteiger partial charge in [-0.25, -0.2) is 8.78 Å². The summed E-state index contributed by atoms with van der Waals surface area (Å²) < 4.78 is 26.9. The van der Waals surface area contributed by atoms with E-state index in [1.807, 2.05) is 6.92 Å². The van der Waals surface area contributed by atoms with E-state index in [9.17, 15) is 18.7 Å². The van der Waals surface area contributed by atoms with Crippen LogP contribution in [0.1, 0.15) is 18.9 Å². The van der Waals surface area contributed by atoms with Crippen LogP contribution in [0.3, 0.4) is 0 Å². The Bertz CT molecular complexity index is 458. The molecule has 0 bridgehead atoms. The first-order valence-electron chi connectivity index (χ1n) is 6.37. The summed E-state index contributed by atoms with van der Waals surface area (Å²) in [6, 6.07) is 3.57. The Balaban J connectivity index is 2.05. The van der Waals surface area contributed by atoms with Gasteiger partial charge in [-0.15, -0.1) is 0 Å². The molecule has 1 amide bonds. The van der Waals surface area contributed by atoms with Crippen molar-refractivity contribution in [3.8, 4) is 0 Å². The normalized spacial score (nSPS) is 23.5. The van der Waals surface area contributed by atoms with Gasteiger partial charge in [-0.3, -0.25) is 4.79 Å². The quantitative estimate of drug-likeness (QED) is 0.888. The fourth-order valence-electron chi connectivity index (χ4n) is 2.32. The van der Waals surface area contributed by atoms with Gasteiger partial charge in [0.1, 0.15) is 11.6 Å². The molecule has 5 heteroatoms. The average molecular weight is 269 g/mol. The number of halogens is 2. The molecule has 3 nitrogen and oxygen atoms in total. The van der Waals surface area contributed by atoms with E-state index in [1.165, 1.54) is 6.07 Å². The number of rotatable bonds is 2. The Kier molecular flexibility index (Phi) is 4.14. The van der Waals surface area contributed by atoms with Crippen molar-refractivity contribution in [2.45, 2.75) is 25.9 Å². The van der Waals surface area contributed by atoms with Crippen molar-refractivity contribution in [2.24, 2.45) is 5.92 Å². The topological polar surface area (TPSA) is 40.5 Å². The molecule has 2 unspecified atom stereocenters. The summed E-state index contributed by atoms with van der Waals surface area (Å²) in [7, 11) is 0. The summed E-state index contributed by atoms with van der Waals surface area (Å²) in [5, 5.41) is 9.60. The Hall–Kier alpha value is -1.49. The van der Waals surface area contributed by atoms with Gasteiger partial charge in [0, 0.05) is 18.7 Å². The van der Waals surface area contributed by atoms with Crippen LogP contribution in [-0.4, -0.2) is 35.1 Å². The van der Waals surface area contributed by atoms with Crippen LogP contribution in [0.5, 0.6) is 0 Å². The Morgan fingerprint density at radius 2 is 2.05 bits per heavy atom. The number of aliphatic hydroxyl groups excluding tert-OH is 1. The fraction of sp³-hybridized carbons (Fsp3) is 0.500. The lowest BCUT2D eigenvalue weighted by Crippen LogP contribution is -2.45. The van der Waals surface area contributed by atoms with Crippen LogP contribution in [0.25, 0.3) is 0 Å². The number of amides is 1. The molecule has 0 radical (unpaired) electrons. The van der Waals surface area contributed by atoms with Gasteiger partial charge in [-0.1, -0.05) is 13.0 Å². The van der Waals surface area contributed by atoms with Gasteiger partial charge in [0.25, 0.3) is 0 Å². The summed E-state index contributed by atoms with van der Waals surface area (Å²) >= 11 is 0. The molecular weight excluding hydrogens is 252 g/mol. The number of benzene rings is 1. The molecule has 1 aliphatic heterocycles. The van der Waals surface area contributed by atoms with E-state index in [-0.39, 0.29) is 23.8 Å². The SMILES string of the molecule is CC1CN(C(=O)Cc2c(F)cccc2F)CCC1O. The average Bonchev–Trinajstić information content (AvgIpc) is 2.37. The molecule has 0 aliphatic carbocycles. The zero-order chi connectivity index (χ0) is 14.0. The van der Waals surface area contributed by atoms with E-state index >= 15 is 0 Å². The first kappa shape index (κ1) is 13.9. The van der Waals surface area contributed by atoms with Gasteiger partial charge in [-0.2, -0.15) is 0 Å². The number of carbonyl (C=O) groups is 1. The lowest BCUT2D eigenvalue weighted by Gasteiger charge is -2.34. The highest BCUT2D eigenvalue weighted by atomic mass is 19.1. The van der Waals surface area contributed by atoms with Crippen LogP contribution in [0, 0.1) is 17.6 Å². The third-order valence-corrected chi connectivity index (χ3v) is 3.60. The van der Waals surface area contributed by atoms with Crippen molar-refractivity contribution in [3.05, 3.63) is 35.4 Å². The second kappa shape index (κ2) is 5.65. The van der Waals surface area contributed by atoms with Crippen LogP contribution in [-0.2, 0) is 11.2 Å². The van der Waals surface area contributed by atoms with Crippen molar-refractivity contribution < 1.29 is 18.7 Å². The van der Waals surface area contributed by atoms with Crippen molar-refractivity contribution in [1.82, 2.24) is 4.90 Å². The molecule has 1 aliphatic rings. The predicted octanol–water partition coefficient (Wildman–Crippen LogP) is 1.74. The molecule has 1 saturated heterocycles. The van der Waals surface area contributed by atoms with Gasteiger partial charge >= 0.3 is 0 Å². The highest BCUT2D eigenvalue weighted by Gasteiger charge is 2.27. The zero-order valence-electron chi connectivity index (χ0n) is 10.8. The van der Waals surface area contributed by atoms with Crippen LogP contribution in [0.15, 0.2) is 18.2 Å². The molecular formula is C14H17F2NO2. The van der Waals surface area contributed by atoms with Crippen LogP contribution < -0.4 is 0 Å². The predicted molar refractivity (Wildman–Crippen MR) is 66.4 cm³/mol. The van der Waals surface area contributed by atoms with Crippen LogP contribution in [0.2, 0.25) is 0 Å². The molecule has 19 heavy (non-hydrogen) atoms. The highest BCUT2D eigenvalue weighted by Crippen LogP contribution is 2.19. The Morgan fingerprint density at radius 3 is 2.63 bits per heavy atom. The Morgan fingerprint density at radius 1 is 1.42 bits per heavy atom. The molecule has 1 aromatic rings. The smallest absolute Gasteiger partial charge is 0.227 e. The third-order valence-electron chi connectivity index (χ3n) is 3.60. The fourth-order valence-corrected chi connectivity index (χ4v) is 2.32. The summed E-state index contributed by atoms with van der Waals surface area (Å²) in [4.78, 5) is 13.6. The molecule has 0 saturated carbocycles. The molecule has 1 heterocycles. The monoisotopic (exact) mass is 269 g/mol. The first-order valence-corrected chi connectivity index (χ1v) is 6.37. The van der Waals surface area contributed by atoms with Crippen molar-refractivity contribution in [2.75, 3.05) is 13.1 Å². The maximum absolute atomic E-state index is 13.5. The molecule has 1 N–H and O–H groups in total. The summed E-state index contributed by atoms with van der Waals surface area (Å²) in [6.45, 7) is 2.71. The lowest BCUT2D eigenvalue weighted by atomic mass is 9.96. The van der Waals surface area contributed by atoms with E-state index in [0.717, 1.165) is 12.1 Å². The van der Waals surface area contributed by atoms with E-state index in [1.54, 1.807) is 4.90 Å². The number of hydrogen-bond acceptors (Lipinski definition) is 2. The van der Waals surface area contributed by atoms with Gasteiger partial charge in [-0.05, 0) is 24.5 Å². The first-order chi connectivity index (χ1) is 8.99. The molecule has 2 atom stereocenters. The van der Waals surface area contributed by atoms with Crippen LogP contribution >= 0.6 is 0 Å². The Labute approximate surface area is 110 Å². The highest BCUT2D eigenvalue weighted by molar-refractivity contribution is 5.79. The van der Waals surface area contributed by atoms with Crippen molar-refractivity contribution >= 4 is 5.91 Å². The number of likely N-dealkylation sites (tertiary alicyclic amines) is 1. The minimum atomic E-state index is -0.696. The summed E-state index contributed by atoms with van der Waals surface area (Å²) in [6.07, 6.45) is -0.178. The van der Waals surface area contributed by atoms with E-state index in [4.69, 9.17) is 0 Å². The number of carbonyl (C=O) groups excluding carboxylic acids is 1. The molecule has 1 fully saturated rings. The molecule has 0 spiro atoms. The van der Waals surface area contributed by atoms with E-state index in [2.05, 4.69) is 0 Å². The van der Waals surface area contributed by atoms with Gasteiger partial charge in [0.05, 0.1) is 12.5 Å². The number of piperidine rings is 1. The largest absolute Gasteiger partial charge is 0.393 e. The van der Waals surface area contributed by atoms with Crippen molar-refractivity contribution in [1.29, 1.82) is 0 Å². The van der Waals surface area contributed by atoms with E-state index in [0.29, 0.717) is 19.5 Å².